The van der Waals surface area contributed by atoms with E-state index in [1.54, 1.807) is 0 Å². The largest absolute Gasteiger partial charge is 0.378 e. The predicted octanol–water partition coefficient (Wildman–Crippen LogP) is 7.15. The second-order valence-electron chi connectivity index (χ2n) is 9.68. The van der Waals surface area contributed by atoms with Gasteiger partial charge in [0.2, 0.25) is 0 Å². The molecule has 3 nitrogen and oxygen atoms in total. The number of carbonyl (C=O) groups excluding carboxylic acids is 1. The molecule has 5 atom stereocenters. The maximum absolute atomic E-state index is 13.1. The Morgan fingerprint density at radius 3 is 2.62 bits per heavy atom. The third-order valence-electron chi connectivity index (χ3n) is 7.94. The van der Waals surface area contributed by atoms with Crippen molar-refractivity contribution in [2.24, 2.45) is 17.8 Å². The number of fused-ring (bicyclic) bond motifs is 7. The van der Waals surface area contributed by atoms with Gasteiger partial charge in [0.15, 0.2) is 0 Å². The summed E-state index contributed by atoms with van der Waals surface area (Å²) < 4.78 is 1.17. The fraction of sp³-hybridized carbons (Fsp3) is 0.321. The molecule has 2 aliphatic carbocycles. The SMILES string of the molecule is Cc1cc(I)ccc1NC(=O)c1ccc2c(c1)[C@@H]1[C@H]3CC[C@@H](C3)[C@@H]1[C@H](c1ccccc1)N2. The number of anilines is 2. The zero-order valence-corrected chi connectivity index (χ0v) is 20.3. The highest BCUT2D eigenvalue weighted by atomic mass is 127. The average molecular weight is 534 g/mol. The Kier molecular flexibility index (Phi) is 5.01. The fourth-order valence-corrected chi connectivity index (χ4v) is 7.23. The highest BCUT2D eigenvalue weighted by Gasteiger charge is 2.53. The normalized spacial score (nSPS) is 27.4. The summed E-state index contributed by atoms with van der Waals surface area (Å²) >= 11 is 2.30. The first kappa shape index (κ1) is 20.3. The molecule has 4 heteroatoms. The van der Waals surface area contributed by atoms with Crippen LogP contribution in [0.5, 0.6) is 0 Å². The Balaban J connectivity index is 1.34. The lowest BCUT2D eigenvalue weighted by atomic mass is 9.68. The van der Waals surface area contributed by atoms with Gasteiger partial charge < -0.3 is 10.6 Å². The van der Waals surface area contributed by atoms with Gasteiger partial charge in [0.25, 0.3) is 5.91 Å². The molecule has 0 spiro atoms. The number of halogens is 1. The van der Waals surface area contributed by atoms with Crippen LogP contribution in [0.3, 0.4) is 0 Å². The Labute approximate surface area is 203 Å². The van der Waals surface area contributed by atoms with Crippen molar-refractivity contribution >= 4 is 39.9 Å². The molecule has 0 saturated heterocycles. The summed E-state index contributed by atoms with van der Waals surface area (Å²) in [6, 6.07) is 23.7. The Morgan fingerprint density at radius 1 is 1.00 bits per heavy atom. The van der Waals surface area contributed by atoms with Crippen LogP contribution in [-0.4, -0.2) is 5.91 Å². The number of nitrogens with one attached hydrogen (secondary N) is 2. The van der Waals surface area contributed by atoms with Crippen LogP contribution < -0.4 is 10.6 Å². The smallest absolute Gasteiger partial charge is 0.255 e. The molecule has 32 heavy (non-hydrogen) atoms. The molecule has 2 bridgehead atoms. The molecule has 2 saturated carbocycles. The van der Waals surface area contributed by atoms with E-state index in [2.05, 4.69) is 81.8 Å². The second kappa shape index (κ2) is 7.91. The number of benzene rings is 3. The van der Waals surface area contributed by atoms with Crippen molar-refractivity contribution in [1.82, 2.24) is 0 Å². The van der Waals surface area contributed by atoms with E-state index in [9.17, 15) is 4.79 Å². The number of carbonyl (C=O) groups is 1. The van der Waals surface area contributed by atoms with Gasteiger partial charge in [-0.05, 0) is 126 Å². The highest BCUT2D eigenvalue weighted by Crippen LogP contribution is 2.63. The van der Waals surface area contributed by atoms with Crippen LogP contribution >= 0.6 is 22.6 Å². The molecule has 0 radical (unpaired) electrons. The minimum atomic E-state index is -0.0259. The summed E-state index contributed by atoms with van der Waals surface area (Å²) in [7, 11) is 0. The molecular weight excluding hydrogens is 507 g/mol. The van der Waals surface area contributed by atoms with Gasteiger partial charge >= 0.3 is 0 Å². The second-order valence-corrected chi connectivity index (χ2v) is 10.9. The first-order valence-electron chi connectivity index (χ1n) is 11.6. The Morgan fingerprint density at radius 2 is 1.81 bits per heavy atom. The lowest BCUT2D eigenvalue weighted by Crippen LogP contribution is -2.35. The van der Waals surface area contributed by atoms with Gasteiger partial charge in [0, 0.05) is 20.5 Å². The molecule has 162 valence electrons. The molecule has 3 aromatic carbocycles. The quantitative estimate of drug-likeness (QED) is 0.351. The Bertz CT molecular complexity index is 1190. The zero-order chi connectivity index (χ0) is 21.8. The summed E-state index contributed by atoms with van der Waals surface area (Å²) in [5.74, 6) is 2.65. The average Bonchev–Trinajstić information content (AvgIpc) is 3.43. The van der Waals surface area contributed by atoms with Crippen molar-refractivity contribution in [3.05, 3.63) is 92.6 Å². The van der Waals surface area contributed by atoms with E-state index in [1.807, 2.05) is 25.1 Å². The molecular formula is C28H27IN2O. The minimum Gasteiger partial charge on any atom is -0.378 e. The molecule has 0 unspecified atom stereocenters. The summed E-state index contributed by atoms with van der Waals surface area (Å²) in [5, 5.41) is 6.99. The maximum Gasteiger partial charge on any atom is 0.255 e. The summed E-state index contributed by atoms with van der Waals surface area (Å²) in [5.41, 5.74) is 6.66. The van der Waals surface area contributed by atoms with Crippen molar-refractivity contribution in [1.29, 1.82) is 0 Å². The third kappa shape index (κ3) is 3.35. The molecule has 6 rings (SSSR count). The molecule has 0 aromatic heterocycles. The van der Waals surface area contributed by atoms with Gasteiger partial charge in [-0.25, -0.2) is 0 Å². The summed E-state index contributed by atoms with van der Waals surface area (Å²) in [6.45, 7) is 2.04. The third-order valence-corrected chi connectivity index (χ3v) is 8.62. The van der Waals surface area contributed by atoms with Crippen molar-refractivity contribution in [3.8, 4) is 0 Å². The van der Waals surface area contributed by atoms with Crippen molar-refractivity contribution in [2.45, 2.75) is 38.1 Å². The van der Waals surface area contributed by atoms with Crippen molar-refractivity contribution in [3.63, 3.8) is 0 Å². The molecule has 2 fully saturated rings. The van der Waals surface area contributed by atoms with Crippen LogP contribution in [0.1, 0.15) is 58.3 Å². The van der Waals surface area contributed by atoms with E-state index < -0.39 is 0 Å². The van der Waals surface area contributed by atoms with Gasteiger partial charge in [-0.1, -0.05) is 30.3 Å². The van der Waals surface area contributed by atoms with E-state index in [4.69, 9.17) is 0 Å². The lowest BCUT2D eigenvalue weighted by Gasteiger charge is -2.43. The number of aryl methyl sites for hydroxylation is 1. The van der Waals surface area contributed by atoms with Crippen LogP contribution in [0.2, 0.25) is 0 Å². The van der Waals surface area contributed by atoms with Crippen molar-refractivity contribution in [2.75, 3.05) is 10.6 Å². The van der Waals surface area contributed by atoms with Gasteiger partial charge in [0.1, 0.15) is 0 Å². The number of amides is 1. The standard InChI is InChI=1S/C28H27IN2O/c1-16-13-21(29)10-12-23(16)31-28(32)20-9-11-24-22(15-20)25-18-7-8-19(14-18)26(25)27(30-24)17-5-3-2-4-6-17/h2-6,9-13,15,18-19,25-27,30H,7-8,14H2,1H3,(H,31,32)/t18-,19-,25-,26-,27-/m0/s1. The van der Waals surface area contributed by atoms with E-state index in [1.165, 1.54) is 39.6 Å². The molecule has 1 aliphatic heterocycles. The van der Waals surface area contributed by atoms with E-state index >= 15 is 0 Å². The molecule has 1 heterocycles. The van der Waals surface area contributed by atoms with Crippen LogP contribution in [0, 0.1) is 28.2 Å². The number of hydrogen-bond donors (Lipinski definition) is 2. The lowest BCUT2D eigenvalue weighted by molar-refractivity contribution is 0.102. The fourth-order valence-electron chi connectivity index (χ4n) is 6.58. The van der Waals surface area contributed by atoms with E-state index in [-0.39, 0.29) is 5.91 Å². The van der Waals surface area contributed by atoms with E-state index in [0.29, 0.717) is 17.9 Å². The summed E-state index contributed by atoms with van der Waals surface area (Å²) in [4.78, 5) is 13.1. The van der Waals surface area contributed by atoms with Crippen molar-refractivity contribution < 1.29 is 4.79 Å². The molecule has 3 aliphatic rings. The Hall–Kier alpha value is -2.34. The highest BCUT2D eigenvalue weighted by molar-refractivity contribution is 14.1. The van der Waals surface area contributed by atoms with Gasteiger partial charge in [0.05, 0.1) is 6.04 Å². The van der Waals surface area contributed by atoms with Gasteiger partial charge in [-0.3, -0.25) is 4.79 Å². The first-order valence-corrected chi connectivity index (χ1v) is 12.7. The number of rotatable bonds is 3. The minimum absolute atomic E-state index is 0.0259. The molecule has 1 amide bonds. The first-order chi connectivity index (χ1) is 15.6. The van der Waals surface area contributed by atoms with E-state index in [0.717, 1.165) is 28.7 Å². The maximum atomic E-state index is 13.1. The topological polar surface area (TPSA) is 41.1 Å². The summed E-state index contributed by atoms with van der Waals surface area (Å²) in [6.07, 6.45) is 4.00. The van der Waals surface area contributed by atoms with Crippen LogP contribution in [0.4, 0.5) is 11.4 Å². The van der Waals surface area contributed by atoms with Crippen LogP contribution in [0.15, 0.2) is 66.7 Å². The zero-order valence-electron chi connectivity index (χ0n) is 18.1. The predicted molar refractivity (Wildman–Crippen MR) is 138 cm³/mol. The van der Waals surface area contributed by atoms with Crippen LogP contribution in [0.25, 0.3) is 0 Å². The number of hydrogen-bond acceptors (Lipinski definition) is 2. The molecule has 3 aromatic rings. The van der Waals surface area contributed by atoms with Crippen LogP contribution in [-0.2, 0) is 0 Å². The monoisotopic (exact) mass is 534 g/mol. The molecule has 2 N–H and O–H groups in total. The van der Waals surface area contributed by atoms with Gasteiger partial charge in [-0.15, -0.1) is 0 Å². The van der Waals surface area contributed by atoms with Gasteiger partial charge in [-0.2, -0.15) is 0 Å².